The van der Waals surface area contributed by atoms with Gasteiger partial charge in [-0.05, 0) is 32.8 Å². The van der Waals surface area contributed by atoms with E-state index < -0.39 is 0 Å². The van der Waals surface area contributed by atoms with Crippen LogP contribution in [-0.2, 0) is 13.6 Å². The van der Waals surface area contributed by atoms with Crippen molar-refractivity contribution < 1.29 is 4.79 Å². The number of carbonyl (C=O) groups is 1. The second-order valence-electron chi connectivity index (χ2n) is 6.66. The highest BCUT2D eigenvalue weighted by Crippen LogP contribution is 2.17. The molecule has 1 aliphatic heterocycles. The van der Waals surface area contributed by atoms with Crippen LogP contribution in [0.1, 0.15) is 53.1 Å². The van der Waals surface area contributed by atoms with Crippen molar-refractivity contribution in [3.05, 3.63) is 34.9 Å². The predicted molar refractivity (Wildman–Crippen MR) is 96.6 cm³/mol. The maximum Gasteiger partial charge on any atom is 0.270 e. The Morgan fingerprint density at radius 1 is 1.16 bits per heavy atom. The molecule has 0 spiro atoms. The summed E-state index contributed by atoms with van der Waals surface area (Å²) in [5.74, 6) is 0.495. The summed E-state index contributed by atoms with van der Waals surface area (Å²) in [7, 11) is 1.89. The van der Waals surface area contributed by atoms with Gasteiger partial charge < -0.3 is 10.2 Å². The molecule has 1 aliphatic rings. The first-order chi connectivity index (χ1) is 12.0. The molecule has 0 unspecified atom stereocenters. The summed E-state index contributed by atoms with van der Waals surface area (Å²) < 4.78 is 1.80. The van der Waals surface area contributed by atoms with Gasteiger partial charge in [-0.25, -0.2) is 9.97 Å². The number of aromatic nitrogens is 4. The third kappa shape index (κ3) is 4.15. The molecule has 3 heterocycles. The number of carbonyl (C=O) groups excluding carboxylic acids is 1. The van der Waals surface area contributed by atoms with Crippen molar-refractivity contribution in [2.45, 2.75) is 46.1 Å². The van der Waals surface area contributed by atoms with E-state index in [0.29, 0.717) is 18.2 Å². The molecule has 25 heavy (non-hydrogen) atoms. The number of nitrogens with one attached hydrogen (secondary N) is 1. The first-order valence-corrected chi connectivity index (χ1v) is 8.91. The number of anilines is 1. The molecule has 0 saturated carbocycles. The van der Waals surface area contributed by atoms with Gasteiger partial charge in [0.1, 0.15) is 5.69 Å². The van der Waals surface area contributed by atoms with Gasteiger partial charge >= 0.3 is 0 Å². The number of rotatable bonds is 4. The lowest BCUT2D eigenvalue weighted by molar-refractivity contribution is 0.0945. The van der Waals surface area contributed by atoms with Crippen LogP contribution < -0.4 is 10.2 Å². The minimum Gasteiger partial charge on any atom is -0.346 e. The molecule has 134 valence electrons. The van der Waals surface area contributed by atoms with Crippen LogP contribution in [0.3, 0.4) is 0 Å². The van der Waals surface area contributed by atoms with Gasteiger partial charge in [0.05, 0.1) is 6.20 Å². The van der Waals surface area contributed by atoms with Crippen molar-refractivity contribution in [1.82, 2.24) is 25.1 Å². The summed E-state index contributed by atoms with van der Waals surface area (Å²) in [6.45, 7) is 6.26. The number of hydrogen-bond acceptors (Lipinski definition) is 5. The van der Waals surface area contributed by atoms with Gasteiger partial charge in [0.15, 0.2) is 0 Å². The Kier molecular flexibility index (Phi) is 5.31. The maximum atomic E-state index is 12.5. The summed E-state index contributed by atoms with van der Waals surface area (Å²) in [6.07, 6.45) is 6.59. The Morgan fingerprint density at radius 2 is 1.88 bits per heavy atom. The second-order valence-corrected chi connectivity index (χ2v) is 6.66. The number of hydrogen-bond donors (Lipinski definition) is 1. The van der Waals surface area contributed by atoms with E-state index in [-0.39, 0.29) is 5.91 Å². The number of amides is 1. The van der Waals surface area contributed by atoms with Crippen molar-refractivity contribution in [2.75, 3.05) is 18.0 Å². The zero-order valence-corrected chi connectivity index (χ0v) is 15.2. The zero-order valence-electron chi connectivity index (χ0n) is 15.2. The van der Waals surface area contributed by atoms with Gasteiger partial charge in [0, 0.05) is 43.6 Å². The molecule has 3 rings (SSSR count). The van der Waals surface area contributed by atoms with Crippen LogP contribution >= 0.6 is 0 Å². The molecule has 2 aromatic rings. The Hall–Kier alpha value is -2.44. The minimum atomic E-state index is -0.176. The lowest BCUT2D eigenvalue weighted by atomic mass is 10.2. The summed E-state index contributed by atoms with van der Waals surface area (Å²) in [5, 5.41) is 7.14. The molecular weight excluding hydrogens is 316 g/mol. The molecule has 2 aromatic heterocycles. The van der Waals surface area contributed by atoms with Crippen LogP contribution in [0.4, 0.5) is 5.95 Å². The van der Waals surface area contributed by atoms with E-state index in [1.807, 2.05) is 20.9 Å². The van der Waals surface area contributed by atoms with E-state index >= 15 is 0 Å². The first kappa shape index (κ1) is 17.4. The molecule has 0 aromatic carbocycles. The Labute approximate surface area is 148 Å². The number of nitrogens with zero attached hydrogens (tertiary/aromatic N) is 5. The quantitative estimate of drug-likeness (QED) is 0.921. The van der Waals surface area contributed by atoms with E-state index in [1.54, 1.807) is 16.9 Å². The van der Waals surface area contributed by atoms with Gasteiger partial charge in [-0.2, -0.15) is 5.10 Å². The standard InChI is InChI=1S/C18H26N6O/c1-13-10-16(17(25)19-11-15-12-20-23(3)14(15)2)22-18(21-13)24-8-6-4-5-7-9-24/h10,12H,4-9,11H2,1-3H3,(H,19,25). The fraction of sp³-hybridized carbons (Fsp3) is 0.556. The highest BCUT2D eigenvalue weighted by molar-refractivity contribution is 5.92. The highest BCUT2D eigenvalue weighted by Gasteiger charge is 2.17. The molecule has 1 fully saturated rings. The molecule has 7 heteroatoms. The third-order valence-electron chi connectivity index (χ3n) is 4.74. The smallest absolute Gasteiger partial charge is 0.270 e. The van der Waals surface area contributed by atoms with Crippen LogP contribution in [0.15, 0.2) is 12.3 Å². The fourth-order valence-corrected chi connectivity index (χ4v) is 3.07. The van der Waals surface area contributed by atoms with Crippen LogP contribution in [0, 0.1) is 13.8 Å². The molecule has 0 radical (unpaired) electrons. The van der Waals surface area contributed by atoms with Crippen molar-refractivity contribution >= 4 is 11.9 Å². The molecule has 1 N–H and O–H groups in total. The monoisotopic (exact) mass is 342 g/mol. The van der Waals surface area contributed by atoms with Crippen LogP contribution in [-0.4, -0.2) is 38.7 Å². The molecular formula is C18H26N6O. The Bertz CT molecular complexity index is 746. The summed E-state index contributed by atoms with van der Waals surface area (Å²) in [4.78, 5) is 23.8. The van der Waals surface area contributed by atoms with E-state index in [1.165, 1.54) is 12.8 Å². The van der Waals surface area contributed by atoms with Gasteiger partial charge in [-0.3, -0.25) is 9.48 Å². The Balaban J connectivity index is 1.72. The van der Waals surface area contributed by atoms with Crippen molar-refractivity contribution in [3.8, 4) is 0 Å². The van der Waals surface area contributed by atoms with Gasteiger partial charge in [-0.1, -0.05) is 12.8 Å². The predicted octanol–water partition coefficient (Wildman–Crippen LogP) is 2.14. The molecule has 0 aliphatic carbocycles. The van der Waals surface area contributed by atoms with Crippen molar-refractivity contribution in [2.24, 2.45) is 7.05 Å². The largest absolute Gasteiger partial charge is 0.346 e. The van der Waals surface area contributed by atoms with E-state index in [9.17, 15) is 4.79 Å². The van der Waals surface area contributed by atoms with E-state index in [2.05, 4.69) is 25.3 Å². The van der Waals surface area contributed by atoms with E-state index in [4.69, 9.17) is 0 Å². The average Bonchev–Trinajstić information content (AvgIpc) is 2.82. The van der Waals surface area contributed by atoms with Gasteiger partial charge in [-0.15, -0.1) is 0 Å². The van der Waals surface area contributed by atoms with Crippen LogP contribution in [0.2, 0.25) is 0 Å². The average molecular weight is 342 g/mol. The first-order valence-electron chi connectivity index (χ1n) is 8.91. The van der Waals surface area contributed by atoms with Crippen molar-refractivity contribution in [3.63, 3.8) is 0 Å². The SMILES string of the molecule is Cc1cc(C(=O)NCc2cnn(C)c2C)nc(N2CCCCCC2)n1. The lowest BCUT2D eigenvalue weighted by Crippen LogP contribution is -2.29. The third-order valence-corrected chi connectivity index (χ3v) is 4.74. The van der Waals surface area contributed by atoms with Crippen LogP contribution in [0.25, 0.3) is 0 Å². The van der Waals surface area contributed by atoms with Crippen molar-refractivity contribution in [1.29, 1.82) is 0 Å². The molecule has 7 nitrogen and oxygen atoms in total. The summed E-state index contributed by atoms with van der Waals surface area (Å²) in [6, 6.07) is 1.74. The zero-order chi connectivity index (χ0) is 17.8. The topological polar surface area (TPSA) is 75.9 Å². The van der Waals surface area contributed by atoms with E-state index in [0.717, 1.165) is 42.9 Å². The fourth-order valence-electron chi connectivity index (χ4n) is 3.07. The minimum absolute atomic E-state index is 0.176. The molecule has 1 amide bonds. The van der Waals surface area contributed by atoms with Gasteiger partial charge in [0.2, 0.25) is 5.95 Å². The highest BCUT2D eigenvalue weighted by atomic mass is 16.1. The van der Waals surface area contributed by atoms with Gasteiger partial charge in [0.25, 0.3) is 5.91 Å². The molecule has 0 atom stereocenters. The lowest BCUT2D eigenvalue weighted by Gasteiger charge is -2.21. The van der Waals surface area contributed by atoms with Crippen LogP contribution in [0.5, 0.6) is 0 Å². The molecule has 0 bridgehead atoms. The summed E-state index contributed by atoms with van der Waals surface area (Å²) >= 11 is 0. The maximum absolute atomic E-state index is 12.5. The second kappa shape index (κ2) is 7.63. The number of aryl methyl sites for hydroxylation is 2. The Morgan fingerprint density at radius 3 is 2.52 bits per heavy atom. The normalized spacial score (nSPS) is 15.1. The summed E-state index contributed by atoms with van der Waals surface area (Å²) in [5.41, 5.74) is 3.30. The molecule has 1 saturated heterocycles.